The maximum atomic E-state index is 11.9. The molecule has 1 aromatic heterocycles. The lowest BCUT2D eigenvalue weighted by atomic mass is 10.0. The zero-order chi connectivity index (χ0) is 15.2. The second kappa shape index (κ2) is 7.36. The lowest BCUT2D eigenvalue weighted by molar-refractivity contribution is -0.128. The molecular formula is C15H24N4O2. The fourth-order valence-corrected chi connectivity index (χ4v) is 2.57. The van der Waals surface area contributed by atoms with Gasteiger partial charge < -0.3 is 14.5 Å². The highest BCUT2D eigenvalue weighted by Gasteiger charge is 2.29. The first-order valence-corrected chi connectivity index (χ1v) is 7.42. The zero-order valence-corrected chi connectivity index (χ0v) is 13.1. The molecule has 116 valence electrons. The number of aromatic nitrogens is 2. The number of carbonyl (C=O) groups excluding carboxylic acids is 1. The molecule has 0 aliphatic carbocycles. The molecule has 6 heteroatoms. The van der Waals surface area contributed by atoms with Crippen LogP contribution in [0.4, 0.5) is 5.82 Å². The number of amides is 1. The first-order valence-electron chi connectivity index (χ1n) is 7.42. The number of hydrogen-bond acceptors (Lipinski definition) is 5. The van der Waals surface area contributed by atoms with Crippen molar-refractivity contribution in [3.05, 3.63) is 18.1 Å². The van der Waals surface area contributed by atoms with E-state index in [-0.39, 0.29) is 5.91 Å². The standard InChI is InChI=1S/C15H24N4O2/c1-4-18(2)14-9-13(16-11-17-14)7-12-8-15(20)19(10-12)5-6-21-3/h9,11-12H,4-8,10H2,1-3H3. The summed E-state index contributed by atoms with van der Waals surface area (Å²) in [5.74, 6) is 1.49. The third kappa shape index (κ3) is 4.14. The van der Waals surface area contributed by atoms with Crippen LogP contribution in [0.2, 0.25) is 0 Å². The quantitative estimate of drug-likeness (QED) is 0.749. The average Bonchev–Trinajstić information content (AvgIpc) is 2.84. The molecule has 0 N–H and O–H groups in total. The topological polar surface area (TPSA) is 58.6 Å². The molecule has 1 aromatic rings. The Kier molecular flexibility index (Phi) is 5.50. The Morgan fingerprint density at radius 3 is 3.00 bits per heavy atom. The van der Waals surface area contributed by atoms with Crippen LogP contribution in [0.3, 0.4) is 0 Å². The molecule has 0 aromatic carbocycles. The molecule has 1 aliphatic heterocycles. The van der Waals surface area contributed by atoms with Crippen molar-refractivity contribution in [1.82, 2.24) is 14.9 Å². The molecule has 1 unspecified atom stereocenters. The van der Waals surface area contributed by atoms with Gasteiger partial charge in [-0.2, -0.15) is 0 Å². The number of hydrogen-bond donors (Lipinski definition) is 0. The van der Waals surface area contributed by atoms with E-state index in [4.69, 9.17) is 4.74 Å². The lowest BCUT2D eigenvalue weighted by Crippen LogP contribution is -2.29. The SMILES string of the molecule is CCN(C)c1cc(CC2CC(=O)N(CCOC)C2)ncn1. The summed E-state index contributed by atoms with van der Waals surface area (Å²) < 4.78 is 5.04. The molecule has 2 heterocycles. The average molecular weight is 292 g/mol. The van der Waals surface area contributed by atoms with Crippen LogP contribution in [0.15, 0.2) is 12.4 Å². The van der Waals surface area contributed by atoms with Crippen LogP contribution in [0.25, 0.3) is 0 Å². The molecular weight excluding hydrogens is 268 g/mol. The van der Waals surface area contributed by atoms with E-state index in [2.05, 4.69) is 21.8 Å². The fraction of sp³-hybridized carbons (Fsp3) is 0.667. The number of methoxy groups -OCH3 is 1. The van der Waals surface area contributed by atoms with Gasteiger partial charge in [0.1, 0.15) is 12.1 Å². The van der Waals surface area contributed by atoms with Gasteiger partial charge in [-0.05, 0) is 19.3 Å². The van der Waals surface area contributed by atoms with Crippen molar-refractivity contribution in [3.63, 3.8) is 0 Å². The molecule has 1 amide bonds. The first-order chi connectivity index (χ1) is 10.1. The molecule has 0 spiro atoms. The highest BCUT2D eigenvalue weighted by atomic mass is 16.5. The molecule has 0 bridgehead atoms. The van der Waals surface area contributed by atoms with E-state index in [1.165, 1.54) is 0 Å². The highest BCUT2D eigenvalue weighted by molar-refractivity contribution is 5.78. The molecule has 21 heavy (non-hydrogen) atoms. The van der Waals surface area contributed by atoms with Crippen LogP contribution in [-0.4, -0.2) is 61.2 Å². The molecule has 1 atom stereocenters. The Morgan fingerprint density at radius 2 is 2.29 bits per heavy atom. The van der Waals surface area contributed by atoms with Gasteiger partial charge >= 0.3 is 0 Å². The number of likely N-dealkylation sites (tertiary alicyclic amines) is 1. The van der Waals surface area contributed by atoms with E-state index in [9.17, 15) is 4.79 Å². The van der Waals surface area contributed by atoms with Crippen LogP contribution in [0.1, 0.15) is 19.0 Å². The minimum absolute atomic E-state index is 0.219. The van der Waals surface area contributed by atoms with Gasteiger partial charge in [0.25, 0.3) is 0 Å². The van der Waals surface area contributed by atoms with Crippen molar-refractivity contribution in [1.29, 1.82) is 0 Å². The summed E-state index contributed by atoms with van der Waals surface area (Å²) in [6.45, 7) is 5.07. The predicted molar refractivity (Wildman–Crippen MR) is 81.2 cm³/mol. The summed E-state index contributed by atoms with van der Waals surface area (Å²) in [6, 6.07) is 2.02. The molecule has 6 nitrogen and oxygen atoms in total. The maximum absolute atomic E-state index is 11.9. The van der Waals surface area contributed by atoms with Crippen LogP contribution < -0.4 is 4.90 Å². The second-order valence-corrected chi connectivity index (χ2v) is 5.49. The van der Waals surface area contributed by atoms with Crippen molar-refractivity contribution in [2.75, 3.05) is 45.3 Å². The van der Waals surface area contributed by atoms with Crippen LogP contribution in [-0.2, 0) is 16.0 Å². The van der Waals surface area contributed by atoms with Gasteiger partial charge in [-0.1, -0.05) is 0 Å². The number of carbonyl (C=O) groups is 1. The number of anilines is 1. The number of ether oxygens (including phenoxy) is 1. The van der Waals surface area contributed by atoms with Gasteiger partial charge in [0.05, 0.1) is 6.61 Å². The monoisotopic (exact) mass is 292 g/mol. The van der Waals surface area contributed by atoms with E-state index in [0.717, 1.165) is 31.0 Å². The van der Waals surface area contributed by atoms with E-state index in [1.54, 1.807) is 13.4 Å². The normalized spacial score (nSPS) is 18.3. The first kappa shape index (κ1) is 15.7. The number of rotatable bonds is 7. The molecule has 1 aliphatic rings. The summed E-state index contributed by atoms with van der Waals surface area (Å²) in [5, 5.41) is 0. The highest BCUT2D eigenvalue weighted by Crippen LogP contribution is 2.22. The fourth-order valence-electron chi connectivity index (χ4n) is 2.57. The third-order valence-corrected chi connectivity index (χ3v) is 3.93. The largest absolute Gasteiger partial charge is 0.383 e. The van der Waals surface area contributed by atoms with E-state index >= 15 is 0 Å². The Morgan fingerprint density at radius 1 is 1.48 bits per heavy atom. The van der Waals surface area contributed by atoms with Crippen molar-refractivity contribution in [3.8, 4) is 0 Å². The molecule has 1 fully saturated rings. The van der Waals surface area contributed by atoms with E-state index < -0.39 is 0 Å². The minimum Gasteiger partial charge on any atom is -0.383 e. The summed E-state index contributed by atoms with van der Waals surface area (Å²) in [4.78, 5) is 24.5. The van der Waals surface area contributed by atoms with Crippen molar-refractivity contribution >= 4 is 11.7 Å². The Bertz CT molecular complexity index is 480. The Labute approximate surface area is 126 Å². The molecule has 1 saturated heterocycles. The summed E-state index contributed by atoms with van der Waals surface area (Å²) >= 11 is 0. The van der Waals surface area contributed by atoms with Crippen molar-refractivity contribution in [2.45, 2.75) is 19.8 Å². The Hall–Kier alpha value is -1.69. The van der Waals surface area contributed by atoms with Crippen LogP contribution >= 0.6 is 0 Å². The summed E-state index contributed by atoms with van der Waals surface area (Å²) in [7, 11) is 3.67. The van der Waals surface area contributed by atoms with E-state index in [0.29, 0.717) is 25.5 Å². The Balaban J connectivity index is 1.95. The van der Waals surface area contributed by atoms with Gasteiger partial charge in [-0.3, -0.25) is 4.79 Å². The molecule has 2 rings (SSSR count). The third-order valence-electron chi connectivity index (χ3n) is 3.93. The van der Waals surface area contributed by atoms with Crippen molar-refractivity contribution in [2.24, 2.45) is 5.92 Å². The second-order valence-electron chi connectivity index (χ2n) is 5.49. The lowest BCUT2D eigenvalue weighted by Gasteiger charge is -2.17. The van der Waals surface area contributed by atoms with Gasteiger partial charge in [-0.25, -0.2) is 9.97 Å². The van der Waals surface area contributed by atoms with Gasteiger partial charge in [0, 0.05) is 52.0 Å². The summed E-state index contributed by atoms with van der Waals surface area (Å²) in [6.07, 6.45) is 3.03. The van der Waals surface area contributed by atoms with Gasteiger partial charge in [-0.15, -0.1) is 0 Å². The molecule has 0 saturated carbocycles. The minimum atomic E-state index is 0.219. The van der Waals surface area contributed by atoms with Gasteiger partial charge in [0.2, 0.25) is 5.91 Å². The van der Waals surface area contributed by atoms with Gasteiger partial charge in [0.15, 0.2) is 0 Å². The van der Waals surface area contributed by atoms with Crippen LogP contribution in [0, 0.1) is 5.92 Å². The zero-order valence-electron chi connectivity index (χ0n) is 13.1. The smallest absolute Gasteiger partial charge is 0.223 e. The van der Waals surface area contributed by atoms with Crippen molar-refractivity contribution < 1.29 is 9.53 Å². The van der Waals surface area contributed by atoms with E-state index in [1.807, 2.05) is 18.0 Å². The summed E-state index contributed by atoms with van der Waals surface area (Å²) in [5.41, 5.74) is 1.01. The van der Waals surface area contributed by atoms with Crippen LogP contribution in [0.5, 0.6) is 0 Å². The number of nitrogens with zero attached hydrogens (tertiary/aromatic N) is 4. The molecule has 0 radical (unpaired) electrons. The maximum Gasteiger partial charge on any atom is 0.223 e. The predicted octanol–water partition coefficient (Wildman–Crippen LogP) is 0.970.